The van der Waals surface area contributed by atoms with Crippen LogP contribution in [-0.2, 0) is 32.7 Å². The number of esters is 2. The lowest BCUT2D eigenvalue weighted by molar-refractivity contribution is -0.870. The molecule has 0 saturated heterocycles. The number of allylic oxidation sites excluding steroid dienone is 18. The molecule has 0 aliphatic carbocycles. The van der Waals surface area contributed by atoms with Gasteiger partial charge in [-0.2, -0.15) is 0 Å². The maximum atomic E-state index is 12.8. The third-order valence-electron chi connectivity index (χ3n) is 13.3. The third-order valence-corrected chi connectivity index (χ3v) is 14.3. The van der Waals surface area contributed by atoms with Gasteiger partial charge in [0, 0.05) is 12.8 Å². The van der Waals surface area contributed by atoms with Crippen molar-refractivity contribution in [3.8, 4) is 0 Å². The van der Waals surface area contributed by atoms with Crippen LogP contribution in [0.5, 0.6) is 0 Å². The Labute approximate surface area is 480 Å². The molecule has 0 bridgehead atoms. The smallest absolute Gasteiger partial charge is 0.462 e. The second-order valence-electron chi connectivity index (χ2n) is 22.1. The second-order valence-corrected chi connectivity index (χ2v) is 23.5. The molecule has 0 amide bonds. The topological polar surface area (TPSA) is 108 Å². The van der Waals surface area contributed by atoms with Gasteiger partial charge in [0.05, 0.1) is 27.7 Å². The van der Waals surface area contributed by atoms with Crippen LogP contribution >= 0.6 is 7.82 Å². The van der Waals surface area contributed by atoms with Gasteiger partial charge < -0.3 is 18.9 Å². The van der Waals surface area contributed by atoms with Gasteiger partial charge in [-0.05, 0) is 103 Å². The molecule has 0 aromatic carbocycles. The minimum atomic E-state index is -4.41. The molecule has 0 aromatic rings. The molecule has 448 valence electrons. The van der Waals surface area contributed by atoms with Gasteiger partial charge in [0.2, 0.25) is 0 Å². The fraction of sp³-hybridized carbons (Fsp3) is 0.706. The van der Waals surface area contributed by atoms with Gasteiger partial charge in [0.1, 0.15) is 19.8 Å². The molecule has 0 spiro atoms. The molecule has 9 nitrogen and oxygen atoms in total. The van der Waals surface area contributed by atoms with E-state index in [0.717, 1.165) is 89.9 Å². The lowest BCUT2D eigenvalue weighted by Gasteiger charge is -2.24. The summed E-state index contributed by atoms with van der Waals surface area (Å²) in [6.45, 7) is 4.28. The van der Waals surface area contributed by atoms with Crippen LogP contribution in [0.4, 0.5) is 0 Å². The molecule has 0 aliphatic heterocycles. The van der Waals surface area contributed by atoms with Crippen molar-refractivity contribution in [1.29, 1.82) is 0 Å². The Kier molecular flexibility index (Phi) is 55.8. The third kappa shape index (κ3) is 61.9. The lowest BCUT2D eigenvalue weighted by atomic mass is 10.0. The van der Waals surface area contributed by atoms with Crippen LogP contribution in [0.2, 0.25) is 0 Å². The number of hydrogen-bond donors (Lipinski definition) is 1. The maximum absolute atomic E-state index is 12.8. The first-order chi connectivity index (χ1) is 38.0. The highest BCUT2D eigenvalue weighted by molar-refractivity contribution is 7.47. The number of carbonyl (C=O) groups is 2. The quantitative estimate of drug-likeness (QED) is 0.0211. The summed E-state index contributed by atoms with van der Waals surface area (Å²) in [7, 11) is 1.44. The van der Waals surface area contributed by atoms with Crippen LogP contribution in [0, 0.1) is 0 Å². The SMILES string of the molecule is CC/C=C\C/C=C\C/C=C\C/C=C\C/C=C\C/C=C\C/C=C\CCCCCC(=O)OC(COC(=O)CCCCCCCCCCCCCCCCCCC/C=C\C/C=C\CCCCCCC)COP(=O)(O)OCC[N+](C)(C)C. The number of unbranched alkanes of at least 4 members (excludes halogenated alkanes) is 25. The van der Waals surface area contributed by atoms with Gasteiger partial charge >= 0.3 is 19.8 Å². The van der Waals surface area contributed by atoms with E-state index in [2.05, 4.69) is 123 Å². The highest BCUT2D eigenvalue weighted by Crippen LogP contribution is 2.43. The Morgan fingerprint density at radius 3 is 1.10 bits per heavy atom. The van der Waals surface area contributed by atoms with Gasteiger partial charge in [-0.25, -0.2) is 4.57 Å². The molecule has 0 radical (unpaired) electrons. The van der Waals surface area contributed by atoms with E-state index in [4.69, 9.17) is 18.5 Å². The minimum absolute atomic E-state index is 0.0198. The number of hydrogen-bond acceptors (Lipinski definition) is 7. The van der Waals surface area contributed by atoms with E-state index in [9.17, 15) is 19.0 Å². The highest BCUT2D eigenvalue weighted by atomic mass is 31.2. The van der Waals surface area contributed by atoms with E-state index in [0.29, 0.717) is 17.4 Å². The molecule has 10 heteroatoms. The van der Waals surface area contributed by atoms with Crippen molar-refractivity contribution >= 4 is 19.8 Å². The summed E-state index contributed by atoms with van der Waals surface area (Å²) in [5, 5.41) is 0. The summed E-state index contributed by atoms with van der Waals surface area (Å²) in [6.07, 6.45) is 81.7. The van der Waals surface area contributed by atoms with Gasteiger partial charge in [-0.15, -0.1) is 0 Å². The monoisotopic (exact) mass is 1110 g/mol. The van der Waals surface area contributed by atoms with Crippen LogP contribution in [0.1, 0.15) is 258 Å². The molecule has 2 atom stereocenters. The first-order valence-electron chi connectivity index (χ1n) is 31.6. The zero-order valence-corrected chi connectivity index (χ0v) is 51.8. The van der Waals surface area contributed by atoms with E-state index >= 15 is 0 Å². The number of quaternary nitrogens is 1. The standard InChI is InChI=1S/C68H118NO8P/c1-6-8-10-12-14-16-18-20-22-24-26-28-30-32-33-34-35-37-38-40-42-44-46-48-50-52-54-56-58-60-67(70)74-64-66(65-76-78(72,73)75-63-62-69(3,4)5)77-68(71)61-59-57-55-53-51-49-47-45-43-41-39-36-31-29-27-25-23-21-19-17-15-13-11-9-7-2/h9,11,15,17-18,20-21,23-24,26-27,29,36,39,43,45,49,51,66H,6-8,10,12-14,16,19,22,25,28,30-35,37-38,40-42,44,46-48,50,52-65H2,1-5H3/p+1/b11-9-,17-15-,20-18-,23-21-,26-24-,29-27-,39-36-,45-43-,51-49-. The van der Waals surface area contributed by atoms with E-state index in [-0.39, 0.29) is 32.0 Å². The average Bonchev–Trinajstić information content (AvgIpc) is 3.40. The van der Waals surface area contributed by atoms with Gasteiger partial charge in [0.25, 0.3) is 0 Å². The fourth-order valence-corrected chi connectivity index (χ4v) is 9.18. The van der Waals surface area contributed by atoms with Crippen LogP contribution in [0.15, 0.2) is 109 Å². The number of nitrogens with zero attached hydrogens (tertiary/aromatic N) is 1. The normalized spacial score (nSPS) is 14.0. The first kappa shape index (κ1) is 74.7. The van der Waals surface area contributed by atoms with E-state index in [1.165, 1.54) is 135 Å². The van der Waals surface area contributed by atoms with Crippen LogP contribution < -0.4 is 0 Å². The van der Waals surface area contributed by atoms with E-state index in [1.54, 1.807) is 0 Å². The van der Waals surface area contributed by atoms with E-state index < -0.39 is 26.5 Å². The summed E-state index contributed by atoms with van der Waals surface area (Å²) in [5.74, 6) is -0.836. The van der Waals surface area contributed by atoms with E-state index in [1.807, 2.05) is 21.1 Å². The summed E-state index contributed by atoms with van der Waals surface area (Å²) in [4.78, 5) is 35.8. The second kappa shape index (κ2) is 58.3. The van der Waals surface area contributed by atoms with Gasteiger partial charge in [-0.1, -0.05) is 252 Å². The molecule has 0 aromatic heterocycles. The number of phosphoric ester groups is 1. The molecule has 0 fully saturated rings. The number of ether oxygens (including phenoxy) is 2. The van der Waals surface area contributed by atoms with Crippen LogP contribution in [0.25, 0.3) is 0 Å². The van der Waals surface area contributed by atoms with Crippen molar-refractivity contribution in [3.63, 3.8) is 0 Å². The Balaban J connectivity index is 4.18. The molecule has 78 heavy (non-hydrogen) atoms. The predicted molar refractivity (Wildman–Crippen MR) is 335 cm³/mol. The van der Waals surface area contributed by atoms with Crippen molar-refractivity contribution in [2.75, 3.05) is 47.5 Å². The lowest BCUT2D eigenvalue weighted by Crippen LogP contribution is -2.37. The molecule has 1 N–H and O–H groups in total. The molecule has 2 unspecified atom stereocenters. The van der Waals surface area contributed by atoms with Crippen molar-refractivity contribution in [1.82, 2.24) is 0 Å². The summed E-state index contributed by atoms with van der Waals surface area (Å²) in [6, 6.07) is 0. The molecule has 0 aliphatic rings. The maximum Gasteiger partial charge on any atom is 0.472 e. The summed E-state index contributed by atoms with van der Waals surface area (Å²) < 4.78 is 34.6. The Bertz CT molecular complexity index is 1680. The Hall–Kier alpha value is -3.33. The summed E-state index contributed by atoms with van der Waals surface area (Å²) >= 11 is 0. The Morgan fingerprint density at radius 2 is 0.731 bits per heavy atom. The fourth-order valence-electron chi connectivity index (χ4n) is 8.44. The number of phosphoric acid groups is 1. The Morgan fingerprint density at radius 1 is 0.410 bits per heavy atom. The number of likely N-dealkylation sites (N-methyl/N-ethyl adjacent to an activating group) is 1. The molecular weight excluding hydrogens is 990 g/mol. The number of carbonyl (C=O) groups excluding carboxylic acids is 2. The first-order valence-corrected chi connectivity index (χ1v) is 33.1. The summed E-state index contributed by atoms with van der Waals surface area (Å²) in [5.41, 5.74) is 0. The molecule has 0 saturated carbocycles. The highest BCUT2D eigenvalue weighted by Gasteiger charge is 2.27. The molecule has 0 heterocycles. The minimum Gasteiger partial charge on any atom is -0.462 e. The zero-order valence-electron chi connectivity index (χ0n) is 50.9. The van der Waals surface area contributed by atoms with Gasteiger partial charge in [0.15, 0.2) is 6.10 Å². The van der Waals surface area contributed by atoms with Gasteiger partial charge in [-0.3, -0.25) is 18.6 Å². The zero-order chi connectivity index (χ0) is 57.0. The molecule has 0 rings (SSSR count). The van der Waals surface area contributed by atoms with Crippen molar-refractivity contribution in [2.24, 2.45) is 0 Å². The van der Waals surface area contributed by atoms with Crippen molar-refractivity contribution in [2.45, 2.75) is 264 Å². The predicted octanol–water partition coefficient (Wildman–Crippen LogP) is 20.2. The van der Waals surface area contributed by atoms with Crippen molar-refractivity contribution in [3.05, 3.63) is 109 Å². The largest absolute Gasteiger partial charge is 0.472 e. The average molecular weight is 1110 g/mol. The van der Waals surface area contributed by atoms with Crippen LogP contribution in [0.3, 0.4) is 0 Å². The van der Waals surface area contributed by atoms with Crippen LogP contribution in [-0.4, -0.2) is 74.9 Å². The van der Waals surface area contributed by atoms with Crippen molar-refractivity contribution < 1.29 is 42.1 Å². The molecular formula is C68H119NO8P+. The number of rotatable bonds is 57.